The van der Waals surface area contributed by atoms with Gasteiger partial charge in [-0.3, -0.25) is 0 Å². The van der Waals surface area contributed by atoms with E-state index in [0.717, 1.165) is 0 Å². The molecule has 0 radical (unpaired) electrons. The van der Waals surface area contributed by atoms with Crippen molar-refractivity contribution in [2.45, 2.75) is 38.5 Å². The van der Waals surface area contributed by atoms with Gasteiger partial charge in [-0.05, 0) is 71.6 Å². The average Bonchev–Trinajstić information content (AvgIpc) is 2.46. The molecule has 0 heteroatoms. The van der Waals surface area contributed by atoms with Gasteiger partial charge in [0, 0.05) is 0 Å². The molecule has 0 N–H and O–H groups in total. The van der Waals surface area contributed by atoms with Crippen LogP contribution in [0.5, 0.6) is 0 Å². The van der Waals surface area contributed by atoms with Crippen molar-refractivity contribution in [2.24, 2.45) is 0 Å². The van der Waals surface area contributed by atoms with Gasteiger partial charge in [-0.15, -0.1) is 0 Å². The van der Waals surface area contributed by atoms with E-state index in [2.05, 4.69) is 36.4 Å². The molecule has 90 valence electrons. The van der Waals surface area contributed by atoms with E-state index in [9.17, 15) is 0 Å². The van der Waals surface area contributed by atoms with Gasteiger partial charge < -0.3 is 0 Å². The quantitative estimate of drug-likeness (QED) is 0.621. The third kappa shape index (κ3) is 1.45. The fourth-order valence-corrected chi connectivity index (χ4v) is 3.61. The molecule has 4 rings (SSSR count). The van der Waals surface area contributed by atoms with Crippen molar-refractivity contribution in [3.05, 3.63) is 52.6 Å². The van der Waals surface area contributed by atoms with Crippen LogP contribution < -0.4 is 0 Å². The molecule has 0 saturated heterocycles. The lowest BCUT2D eigenvalue weighted by Crippen LogP contribution is -2.04. The van der Waals surface area contributed by atoms with Gasteiger partial charge in [0.25, 0.3) is 0 Å². The molecule has 0 fully saturated rings. The largest absolute Gasteiger partial charge is 0.0836 e. The Balaban J connectivity index is 2.04. The molecule has 0 saturated carbocycles. The highest BCUT2D eigenvalue weighted by molar-refractivity contribution is 5.92. The summed E-state index contributed by atoms with van der Waals surface area (Å²) in [5.41, 5.74) is 6.24. The fourth-order valence-electron chi connectivity index (χ4n) is 3.61. The predicted molar refractivity (Wildman–Crippen MR) is 77.9 cm³/mol. The van der Waals surface area contributed by atoms with E-state index in [0.29, 0.717) is 0 Å². The summed E-state index contributed by atoms with van der Waals surface area (Å²) in [7, 11) is 0. The minimum absolute atomic E-state index is 1.20. The first-order chi connectivity index (χ1) is 8.93. The summed E-state index contributed by atoms with van der Waals surface area (Å²) in [6, 6.07) is 9.43. The van der Waals surface area contributed by atoms with E-state index in [4.69, 9.17) is 0 Å². The third-order valence-electron chi connectivity index (χ3n) is 4.54. The van der Waals surface area contributed by atoms with Crippen LogP contribution in [0.15, 0.2) is 30.3 Å². The zero-order valence-electron chi connectivity index (χ0n) is 10.7. The molecule has 0 amide bonds. The molecule has 0 atom stereocenters. The van der Waals surface area contributed by atoms with Gasteiger partial charge in [-0.2, -0.15) is 0 Å². The first kappa shape index (κ1) is 10.4. The normalized spacial score (nSPS) is 17.6. The van der Waals surface area contributed by atoms with E-state index in [1.165, 1.54) is 54.9 Å². The summed E-state index contributed by atoms with van der Waals surface area (Å²) in [6.45, 7) is 0. The van der Waals surface area contributed by atoms with E-state index in [-0.39, 0.29) is 0 Å². The SMILES string of the molecule is C1=Cc2ccc3c4c(ccc3c2CC1)CCCC4. The minimum Gasteiger partial charge on any atom is -0.0836 e. The molecular weight excluding hydrogens is 216 g/mol. The van der Waals surface area contributed by atoms with Crippen LogP contribution in [0.3, 0.4) is 0 Å². The van der Waals surface area contributed by atoms with E-state index in [1.807, 2.05) is 0 Å². The molecule has 18 heavy (non-hydrogen) atoms. The van der Waals surface area contributed by atoms with Gasteiger partial charge in [-0.1, -0.05) is 36.4 Å². The minimum atomic E-state index is 1.20. The maximum atomic E-state index is 2.38. The van der Waals surface area contributed by atoms with E-state index >= 15 is 0 Å². The van der Waals surface area contributed by atoms with Gasteiger partial charge in [0.05, 0.1) is 0 Å². The third-order valence-corrected chi connectivity index (χ3v) is 4.54. The summed E-state index contributed by atoms with van der Waals surface area (Å²) in [6.07, 6.45) is 12.3. The van der Waals surface area contributed by atoms with E-state index in [1.54, 1.807) is 16.7 Å². The number of hydrogen-bond donors (Lipinski definition) is 0. The van der Waals surface area contributed by atoms with Crippen LogP contribution in [0, 0.1) is 0 Å². The number of rotatable bonds is 0. The number of hydrogen-bond acceptors (Lipinski definition) is 0. The molecule has 2 aromatic rings. The second-order valence-corrected chi connectivity index (χ2v) is 5.58. The number of allylic oxidation sites excluding steroid dienone is 1. The maximum Gasteiger partial charge on any atom is -0.0143 e. The molecule has 2 aliphatic rings. The topological polar surface area (TPSA) is 0 Å². The van der Waals surface area contributed by atoms with Crippen molar-refractivity contribution < 1.29 is 0 Å². The summed E-state index contributed by atoms with van der Waals surface area (Å²) in [4.78, 5) is 0. The summed E-state index contributed by atoms with van der Waals surface area (Å²) in [5.74, 6) is 0. The van der Waals surface area contributed by atoms with Crippen molar-refractivity contribution >= 4 is 16.8 Å². The van der Waals surface area contributed by atoms with Gasteiger partial charge in [0.1, 0.15) is 0 Å². The Morgan fingerprint density at radius 1 is 0.722 bits per heavy atom. The molecule has 2 aromatic carbocycles. The lowest BCUT2D eigenvalue weighted by atomic mass is 9.84. The van der Waals surface area contributed by atoms with Crippen molar-refractivity contribution in [3.63, 3.8) is 0 Å². The average molecular weight is 234 g/mol. The number of fused-ring (bicyclic) bond motifs is 5. The molecule has 0 unspecified atom stereocenters. The Morgan fingerprint density at radius 2 is 1.56 bits per heavy atom. The smallest absolute Gasteiger partial charge is 0.0143 e. The Kier molecular flexibility index (Phi) is 2.29. The molecular formula is C18H18. The number of benzene rings is 2. The zero-order chi connectivity index (χ0) is 11.9. The van der Waals surface area contributed by atoms with Crippen molar-refractivity contribution in [3.8, 4) is 0 Å². The van der Waals surface area contributed by atoms with Crippen molar-refractivity contribution in [1.29, 1.82) is 0 Å². The molecule has 0 nitrogen and oxygen atoms in total. The molecule has 2 aliphatic carbocycles. The van der Waals surface area contributed by atoms with Crippen LogP contribution in [0.1, 0.15) is 41.5 Å². The highest BCUT2D eigenvalue weighted by Crippen LogP contribution is 2.34. The summed E-state index contributed by atoms with van der Waals surface area (Å²) >= 11 is 0. The second kappa shape index (κ2) is 3.98. The molecule has 0 spiro atoms. The molecule has 0 aliphatic heterocycles. The van der Waals surface area contributed by atoms with Gasteiger partial charge in [-0.25, -0.2) is 0 Å². The van der Waals surface area contributed by atoms with Crippen molar-refractivity contribution in [2.75, 3.05) is 0 Å². The van der Waals surface area contributed by atoms with Crippen LogP contribution in [0.2, 0.25) is 0 Å². The lowest BCUT2D eigenvalue weighted by Gasteiger charge is -2.21. The van der Waals surface area contributed by atoms with Crippen LogP contribution in [-0.2, 0) is 19.3 Å². The molecule has 0 bridgehead atoms. The zero-order valence-corrected chi connectivity index (χ0v) is 10.7. The monoisotopic (exact) mass is 234 g/mol. The van der Waals surface area contributed by atoms with Gasteiger partial charge in [0.15, 0.2) is 0 Å². The first-order valence-corrected chi connectivity index (χ1v) is 7.16. The summed E-state index contributed by atoms with van der Waals surface area (Å²) in [5, 5.41) is 3.04. The Bertz CT molecular complexity index is 647. The number of aryl methyl sites for hydroxylation is 3. The lowest BCUT2D eigenvalue weighted by molar-refractivity contribution is 0.690. The Hall–Kier alpha value is -1.56. The van der Waals surface area contributed by atoms with Crippen molar-refractivity contribution in [1.82, 2.24) is 0 Å². The maximum absolute atomic E-state index is 2.38. The van der Waals surface area contributed by atoms with Crippen LogP contribution in [0.25, 0.3) is 16.8 Å². The standard InChI is InChI=1S/C18H18/c1-3-7-15-13(5-1)9-11-18-16-8-4-2-6-14(16)10-12-17(15)18/h1,5,9-12H,2-4,6-8H2. The highest BCUT2D eigenvalue weighted by Gasteiger charge is 2.15. The highest BCUT2D eigenvalue weighted by atomic mass is 14.2. The van der Waals surface area contributed by atoms with Gasteiger partial charge >= 0.3 is 0 Å². The van der Waals surface area contributed by atoms with E-state index < -0.39 is 0 Å². The fraction of sp³-hybridized carbons (Fsp3) is 0.333. The van der Waals surface area contributed by atoms with Gasteiger partial charge in [0.2, 0.25) is 0 Å². The molecule has 0 aromatic heterocycles. The second-order valence-electron chi connectivity index (χ2n) is 5.58. The predicted octanol–water partition coefficient (Wildman–Crippen LogP) is 4.68. The summed E-state index contributed by atoms with van der Waals surface area (Å²) < 4.78 is 0. The molecule has 0 heterocycles. The Labute approximate surface area is 108 Å². The van der Waals surface area contributed by atoms with Crippen LogP contribution in [-0.4, -0.2) is 0 Å². The first-order valence-electron chi connectivity index (χ1n) is 7.16. The Morgan fingerprint density at radius 3 is 2.56 bits per heavy atom. The van der Waals surface area contributed by atoms with Crippen LogP contribution >= 0.6 is 0 Å². The van der Waals surface area contributed by atoms with Crippen LogP contribution in [0.4, 0.5) is 0 Å².